The number of nitrogens with one attached hydrogen (secondary N) is 1. The van der Waals surface area contributed by atoms with Crippen LogP contribution in [0.2, 0.25) is 0 Å². The van der Waals surface area contributed by atoms with Crippen LogP contribution in [0.4, 0.5) is 0 Å². The zero-order chi connectivity index (χ0) is 10.6. The third-order valence-electron chi connectivity index (χ3n) is 1.84. The van der Waals surface area contributed by atoms with E-state index in [1.165, 1.54) is 16.7 Å². The van der Waals surface area contributed by atoms with Crippen LogP contribution in [0.5, 0.6) is 0 Å². The van der Waals surface area contributed by atoms with Gasteiger partial charge in [0, 0.05) is 6.04 Å². The predicted octanol–water partition coefficient (Wildman–Crippen LogP) is -0.984. The molecule has 1 fully saturated rings. The second kappa shape index (κ2) is 5.21. The summed E-state index contributed by atoms with van der Waals surface area (Å²) in [6.07, 6.45) is 0. The van der Waals surface area contributed by atoms with Gasteiger partial charge in [-0.15, -0.1) is 11.8 Å². The topological polar surface area (TPSA) is 69.6 Å². The van der Waals surface area contributed by atoms with Crippen molar-refractivity contribution in [1.29, 1.82) is 0 Å². The van der Waals surface area contributed by atoms with Crippen molar-refractivity contribution in [3.05, 3.63) is 0 Å². The van der Waals surface area contributed by atoms with Gasteiger partial charge in [0.15, 0.2) is 0 Å². The molecule has 2 N–H and O–H groups in total. The van der Waals surface area contributed by atoms with Crippen molar-refractivity contribution in [1.82, 2.24) is 10.2 Å². The van der Waals surface area contributed by atoms with Crippen molar-refractivity contribution < 1.29 is 14.7 Å². The molecule has 14 heavy (non-hydrogen) atoms. The van der Waals surface area contributed by atoms with Gasteiger partial charge >= 0.3 is 0 Å². The zero-order valence-corrected chi connectivity index (χ0v) is 8.84. The highest BCUT2D eigenvalue weighted by molar-refractivity contribution is 8.00. The van der Waals surface area contributed by atoms with E-state index in [1.807, 2.05) is 0 Å². The fraction of sp³-hybridized carbons (Fsp3) is 0.750. The highest BCUT2D eigenvalue weighted by Gasteiger charge is 2.23. The molecule has 1 saturated heterocycles. The van der Waals surface area contributed by atoms with Gasteiger partial charge < -0.3 is 15.3 Å². The highest BCUT2D eigenvalue weighted by atomic mass is 32.2. The molecule has 0 aromatic heterocycles. The summed E-state index contributed by atoms with van der Waals surface area (Å²) in [7, 11) is 0. The van der Waals surface area contributed by atoms with E-state index in [2.05, 4.69) is 5.32 Å². The molecule has 80 valence electrons. The Morgan fingerprint density at radius 3 is 3.00 bits per heavy atom. The first-order chi connectivity index (χ1) is 6.63. The minimum Gasteiger partial charge on any atom is -0.394 e. The maximum absolute atomic E-state index is 11.3. The molecule has 1 aliphatic rings. The first kappa shape index (κ1) is 11.3. The lowest BCUT2D eigenvalue weighted by Gasteiger charge is -2.16. The molecule has 1 heterocycles. The number of carbonyl (C=O) groups is 2. The lowest BCUT2D eigenvalue weighted by Crippen LogP contribution is -2.42. The van der Waals surface area contributed by atoms with E-state index in [0.29, 0.717) is 11.6 Å². The molecule has 0 radical (unpaired) electrons. The number of hydrogen-bond donors (Lipinski definition) is 2. The SMILES string of the molecule is C[C@H](CO)NC(=O)CN1CSCC1=O. The number of carbonyl (C=O) groups excluding carboxylic acids is 2. The molecule has 1 atom stereocenters. The molecule has 5 nitrogen and oxygen atoms in total. The van der Waals surface area contributed by atoms with Crippen molar-refractivity contribution in [2.45, 2.75) is 13.0 Å². The van der Waals surface area contributed by atoms with Crippen LogP contribution in [0.25, 0.3) is 0 Å². The Kier molecular flexibility index (Phi) is 4.21. The van der Waals surface area contributed by atoms with Gasteiger partial charge in [0.05, 0.1) is 18.2 Å². The summed E-state index contributed by atoms with van der Waals surface area (Å²) >= 11 is 1.50. The van der Waals surface area contributed by atoms with Crippen molar-refractivity contribution >= 4 is 23.6 Å². The fourth-order valence-electron chi connectivity index (χ4n) is 1.08. The molecule has 0 aliphatic carbocycles. The predicted molar refractivity (Wildman–Crippen MR) is 53.7 cm³/mol. The fourth-order valence-corrected chi connectivity index (χ4v) is 1.98. The smallest absolute Gasteiger partial charge is 0.239 e. The molecule has 0 bridgehead atoms. The van der Waals surface area contributed by atoms with Crippen LogP contribution in [-0.4, -0.2) is 52.6 Å². The quantitative estimate of drug-likeness (QED) is 0.636. The van der Waals surface area contributed by atoms with E-state index in [9.17, 15) is 9.59 Å². The van der Waals surface area contributed by atoms with Gasteiger partial charge in [-0.1, -0.05) is 0 Å². The van der Waals surface area contributed by atoms with Crippen LogP contribution >= 0.6 is 11.8 Å². The maximum atomic E-state index is 11.3. The molecule has 0 saturated carbocycles. The number of thioether (sulfide) groups is 1. The lowest BCUT2D eigenvalue weighted by atomic mass is 10.3. The summed E-state index contributed by atoms with van der Waals surface area (Å²) in [6.45, 7) is 1.71. The molecule has 2 amide bonds. The summed E-state index contributed by atoms with van der Waals surface area (Å²) < 4.78 is 0. The number of aliphatic hydroxyl groups excluding tert-OH is 1. The third kappa shape index (κ3) is 3.19. The number of rotatable bonds is 4. The maximum Gasteiger partial charge on any atom is 0.239 e. The minimum atomic E-state index is -0.257. The average Bonchev–Trinajstić information content (AvgIpc) is 2.51. The Morgan fingerprint density at radius 2 is 2.50 bits per heavy atom. The van der Waals surface area contributed by atoms with Gasteiger partial charge in [-0.25, -0.2) is 0 Å². The average molecular weight is 218 g/mol. The third-order valence-corrected chi connectivity index (χ3v) is 2.79. The number of aliphatic hydroxyl groups is 1. The molecular formula is C8H14N2O3S. The Morgan fingerprint density at radius 1 is 1.79 bits per heavy atom. The van der Waals surface area contributed by atoms with Crippen molar-refractivity contribution in [2.75, 3.05) is 24.8 Å². The molecule has 0 spiro atoms. The van der Waals surface area contributed by atoms with Gasteiger partial charge in [-0.05, 0) is 6.92 Å². The Labute approximate surface area is 86.8 Å². The van der Waals surface area contributed by atoms with Gasteiger partial charge in [-0.2, -0.15) is 0 Å². The van der Waals surface area contributed by atoms with Crippen molar-refractivity contribution in [2.24, 2.45) is 0 Å². The minimum absolute atomic E-state index is 0.00167. The van der Waals surface area contributed by atoms with Crippen LogP contribution in [0.1, 0.15) is 6.92 Å². The molecule has 0 aromatic carbocycles. The van der Waals surface area contributed by atoms with Gasteiger partial charge in [0.2, 0.25) is 11.8 Å². The summed E-state index contributed by atoms with van der Waals surface area (Å²) in [5.41, 5.74) is 0. The molecule has 0 aromatic rings. The second-order valence-corrected chi connectivity index (χ2v) is 4.18. The molecule has 0 unspecified atom stereocenters. The highest BCUT2D eigenvalue weighted by Crippen LogP contribution is 2.13. The summed E-state index contributed by atoms with van der Waals surface area (Å²) in [6, 6.07) is -0.257. The van der Waals surface area contributed by atoms with E-state index in [4.69, 9.17) is 5.11 Å². The first-order valence-corrected chi connectivity index (χ1v) is 5.54. The molecule has 6 heteroatoms. The number of hydrogen-bond acceptors (Lipinski definition) is 4. The second-order valence-electron chi connectivity index (χ2n) is 3.22. The Hall–Kier alpha value is -0.750. The van der Waals surface area contributed by atoms with Gasteiger partial charge in [0.25, 0.3) is 0 Å². The van der Waals surface area contributed by atoms with Gasteiger partial charge in [-0.3, -0.25) is 9.59 Å². The van der Waals surface area contributed by atoms with Crippen LogP contribution in [0.15, 0.2) is 0 Å². The van der Waals surface area contributed by atoms with E-state index >= 15 is 0 Å². The lowest BCUT2D eigenvalue weighted by molar-refractivity contribution is -0.132. The molecular weight excluding hydrogens is 204 g/mol. The zero-order valence-electron chi connectivity index (χ0n) is 8.02. The molecule has 1 rings (SSSR count). The first-order valence-electron chi connectivity index (χ1n) is 4.39. The normalized spacial score (nSPS) is 18.4. The number of nitrogens with zero attached hydrogens (tertiary/aromatic N) is 1. The molecule has 1 aliphatic heterocycles. The van der Waals surface area contributed by atoms with Gasteiger partial charge in [0.1, 0.15) is 6.54 Å². The summed E-state index contributed by atoms with van der Waals surface area (Å²) in [5, 5.41) is 11.3. The summed E-state index contributed by atoms with van der Waals surface area (Å²) in [4.78, 5) is 23.9. The van der Waals surface area contributed by atoms with Crippen LogP contribution < -0.4 is 5.32 Å². The van der Waals surface area contributed by atoms with E-state index in [1.54, 1.807) is 6.92 Å². The van der Waals surface area contributed by atoms with Crippen LogP contribution in [-0.2, 0) is 9.59 Å². The Bertz CT molecular complexity index is 235. The number of amides is 2. The monoisotopic (exact) mass is 218 g/mol. The van der Waals surface area contributed by atoms with Crippen LogP contribution in [0.3, 0.4) is 0 Å². The van der Waals surface area contributed by atoms with E-state index in [-0.39, 0.29) is 31.0 Å². The van der Waals surface area contributed by atoms with Crippen molar-refractivity contribution in [3.8, 4) is 0 Å². The van der Waals surface area contributed by atoms with Crippen LogP contribution in [0, 0.1) is 0 Å². The Balaban J connectivity index is 2.29. The largest absolute Gasteiger partial charge is 0.394 e. The van der Waals surface area contributed by atoms with E-state index < -0.39 is 0 Å². The standard InChI is InChI=1S/C8H14N2O3S/c1-6(3-11)9-7(12)2-10-5-14-4-8(10)13/h6,11H,2-5H2,1H3,(H,9,12)/t6-/m1/s1. The van der Waals surface area contributed by atoms with E-state index in [0.717, 1.165) is 0 Å². The summed E-state index contributed by atoms with van der Waals surface area (Å²) in [5.74, 6) is 0.826. The van der Waals surface area contributed by atoms with Crippen molar-refractivity contribution in [3.63, 3.8) is 0 Å².